The monoisotopic (exact) mass is 363 g/mol. The first-order chi connectivity index (χ1) is 11.1. The van der Waals surface area contributed by atoms with Crippen molar-refractivity contribution in [1.29, 1.82) is 0 Å². The zero-order valence-electron chi connectivity index (χ0n) is 14.6. The molecular weight excluding hydrogens is 334 g/mol. The second-order valence-electron chi connectivity index (χ2n) is 6.14. The van der Waals surface area contributed by atoms with Gasteiger partial charge in [0, 0.05) is 0 Å². The molecule has 0 fully saturated rings. The van der Waals surface area contributed by atoms with Gasteiger partial charge in [-0.1, -0.05) is 13.8 Å². The van der Waals surface area contributed by atoms with Gasteiger partial charge in [0.2, 0.25) is 11.8 Å². The topological polar surface area (TPSA) is 142 Å². The lowest BCUT2D eigenvalue weighted by Crippen LogP contribution is -2.58. The molecule has 0 bridgehead atoms. The normalized spacial score (nSPS) is 16.1. The molecule has 0 aromatic carbocycles. The number of nitrogens with one attached hydrogen (secondary N) is 2. The van der Waals surface area contributed by atoms with E-state index in [1.54, 1.807) is 11.8 Å². The van der Waals surface area contributed by atoms with Gasteiger partial charge in [0.15, 0.2) is 0 Å². The third-order valence-corrected chi connectivity index (χ3v) is 4.00. The zero-order chi connectivity index (χ0) is 18.9. The highest BCUT2D eigenvalue weighted by atomic mass is 32.2. The number of aliphatic carboxylic acids is 1. The van der Waals surface area contributed by atoms with E-state index in [0.717, 1.165) is 0 Å². The van der Waals surface area contributed by atoms with Crippen LogP contribution < -0.4 is 16.4 Å². The molecule has 0 aliphatic heterocycles. The van der Waals surface area contributed by atoms with Gasteiger partial charge in [-0.15, -0.1) is 0 Å². The first-order valence-electron chi connectivity index (χ1n) is 7.86. The maximum Gasteiger partial charge on any atom is 0.326 e. The fourth-order valence-corrected chi connectivity index (χ4v) is 2.49. The SMILES string of the molecule is CSCCC(N)C(=O)NC(C(=O)NC(CC(C)C)C(=O)O)C(C)O. The van der Waals surface area contributed by atoms with Crippen LogP contribution in [0.5, 0.6) is 0 Å². The average Bonchev–Trinajstić information content (AvgIpc) is 2.47. The molecule has 8 nitrogen and oxygen atoms in total. The van der Waals surface area contributed by atoms with Gasteiger partial charge in [-0.3, -0.25) is 9.59 Å². The lowest BCUT2D eigenvalue weighted by molar-refractivity contribution is -0.143. The molecule has 140 valence electrons. The lowest BCUT2D eigenvalue weighted by Gasteiger charge is -2.25. The molecule has 0 aromatic rings. The minimum Gasteiger partial charge on any atom is -0.480 e. The highest BCUT2D eigenvalue weighted by Gasteiger charge is 2.31. The Morgan fingerprint density at radius 2 is 1.71 bits per heavy atom. The van der Waals surface area contributed by atoms with Crippen molar-refractivity contribution in [2.45, 2.75) is 57.8 Å². The third-order valence-electron chi connectivity index (χ3n) is 3.35. The van der Waals surface area contributed by atoms with Crippen molar-refractivity contribution >= 4 is 29.5 Å². The van der Waals surface area contributed by atoms with Gasteiger partial charge in [0.1, 0.15) is 12.1 Å². The summed E-state index contributed by atoms with van der Waals surface area (Å²) in [6.45, 7) is 5.01. The summed E-state index contributed by atoms with van der Waals surface area (Å²) in [5, 5.41) is 23.7. The first kappa shape index (κ1) is 22.7. The number of carboxylic acids is 1. The number of rotatable bonds is 11. The molecule has 4 atom stereocenters. The van der Waals surface area contributed by atoms with Crippen LogP contribution in [0.4, 0.5) is 0 Å². The van der Waals surface area contributed by atoms with Gasteiger partial charge in [0.05, 0.1) is 12.1 Å². The molecule has 2 amide bonds. The number of hydrogen-bond donors (Lipinski definition) is 5. The Balaban J connectivity index is 4.88. The highest BCUT2D eigenvalue weighted by molar-refractivity contribution is 7.98. The molecule has 0 aliphatic carbocycles. The largest absolute Gasteiger partial charge is 0.480 e. The molecule has 0 heterocycles. The van der Waals surface area contributed by atoms with Gasteiger partial charge < -0.3 is 26.6 Å². The number of nitrogens with two attached hydrogens (primary N) is 1. The van der Waals surface area contributed by atoms with Crippen molar-refractivity contribution in [2.24, 2.45) is 11.7 Å². The van der Waals surface area contributed by atoms with Crippen molar-refractivity contribution in [3.63, 3.8) is 0 Å². The average molecular weight is 363 g/mol. The molecular formula is C15H29N3O5S. The van der Waals surface area contributed by atoms with Crippen LogP contribution in [-0.4, -0.2) is 64.2 Å². The lowest BCUT2D eigenvalue weighted by atomic mass is 10.0. The number of thioether (sulfide) groups is 1. The smallest absolute Gasteiger partial charge is 0.326 e. The van der Waals surface area contributed by atoms with E-state index in [1.165, 1.54) is 6.92 Å². The van der Waals surface area contributed by atoms with Gasteiger partial charge in [-0.2, -0.15) is 11.8 Å². The molecule has 4 unspecified atom stereocenters. The van der Waals surface area contributed by atoms with Crippen LogP contribution in [0, 0.1) is 5.92 Å². The predicted molar refractivity (Wildman–Crippen MR) is 93.6 cm³/mol. The summed E-state index contributed by atoms with van der Waals surface area (Å²) >= 11 is 1.54. The van der Waals surface area contributed by atoms with E-state index in [9.17, 15) is 24.6 Å². The molecule has 0 aliphatic rings. The molecule has 0 rings (SSSR count). The van der Waals surface area contributed by atoms with E-state index in [2.05, 4.69) is 10.6 Å². The summed E-state index contributed by atoms with van der Waals surface area (Å²) < 4.78 is 0. The number of aliphatic hydroxyl groups is 1. The number of aliphatic hydroxyl groups excluding tert-OH is 1. The highest BCUT2D eigenvalue weighted by Crippen LogP contribution is 2.06. The van der Waals surface area contributed by atoms with Gasteiger partial charge >= 0.3 is 5.97 Å². The van der Waals surface area contributed by atoms with E-state index in [4.69, 9.17) is 5.73 Å². The van der Waals surface area contributed by atoms with Crippen LogP contribution >= 0.6 is 11.8 Å². The van der Waals surface area contributed by atoms with Crippen LogP contribution in [0.2, 0.25) is 0 Å². The Kier molecular flexibility index (Phi) is 10.7. The minimum atomic E-state index is -1.26. The van der Waals surface area contributed by atoms with E-state index in [1.807, 2.05) is 20.1 Å². The van der Waals surface area contributed by atoms with Crippen molar-refractivity contribution in [2.75, 3.05) is 12.0 Å². The third kappa shape index (κ3) is 8.51. The maximum atomic E-state index is 12.3. The van der Waals surface area contributed by atoms with E-state index in [0.29, 0.717) is 12.2 Å². The van der Waals surface area contributed by atoms with Crippen LogP contribution in [0.25, 0.3) is 0 Å². The van der Waals surface area contributed by atoms with E-state index < -0.39 is 42.0 Å². The van der Waals surface area contributed by atoms with Gasteiger partial charge in [-0.25, -0.2) is 4.79 Å². The second kappa shape index (κ2) is 11.3. The van der Waals surface area contributed by atoms with Gasteiger partial charge in [-0.05, 0) is 37.7 Å². The second-order valence-corrected chi connectivity index (χ2v) is 7.13. The standard InChI is InChI=1S/C15H29N3O5S/c1-8(2)7-11(15(22)23)17-14(21)12(9(3)19)18-13(20)10(16)5-6-24-4/h8-12,19H,5-7,16H2,1-4H3,(H,17,21)(H,18,20)(H,22,23). The minimum absolute atomic E-state index is 0.0611. The predicted octanol–water partition coefficient (Wildman–Crippen LogP) is -0.452. The first-order valence-corrected chi connectivity index (χ1v) is 9.25. The van der Waals surface area contributed by atoms with E-state index >= 15 is 0 Å². The number of hydrogen-bond acceptors (Lipinski definition) is 6. The molecule has 6 N–H and O–H groups in total. The van der Waals surface area contributed by atoms with Gasteiger partial charge in [0.25, 0.3) is 0 Å². The summed E-state index contributed by atoms with van der Waals surface area (Å²) in [7, 11) is 0. The molecule has 9 heteroatoms. The molecule has 24 heavy (non-hydrogen) atoms. The molecule has 0 saturated heterocycles. The Morgan fingerprint density at radius 1 is 1.12 bits per heavy atom. The van der Waals surface area contributed by atoms with Crippen LogP contribution in [0.15, 0.2) is 0 Å². The molecule has 0 radical (unpaired) electrons. The zero-order valence-corrected chi connectivity index (χ0v) is 15.4. The summed E-state index contributed by atoms with van der Waals surface area (Å²) in [6, 6.07) is -3.13. The Hall–Kier alpha value is -1.32. The number of carboxylic acid groups (broad SMARTS) is 1. The molecule has 0 spiro atoms. The van der Waals surface area contributed by atoms with Crippen molar-refractivity contribution < 1.29 is 24.6 Å². The molecule has 0 aromatic heterocycles. The van der Waals surface area contributed by atoms with Crippen molar-refractivity contribution in [3.8, 4) is 0 Å². The number of carbonyl (C=O) groups is 3. The van der Waals surface area contributed by atoms with Crippen molar-refractivity contribution in [3.05, 3.63) is 0 Å². The number of carbonyl (C=O) groups excluding carboxylic acids is 2. The maximum absolute atomic E-state index is 12.3. The number of amides is 2. The quantitative estimate of drug-likeness (QED) is 0.334. The summed E-state index contributed by atoms with van der Waals surface area (Å²) in [5.74, 6) is -1.71. The summed E-state index contributed by atoms with van der Waals surface area (Å²) in [4.78, 5) is 35.5. The summed E-state index contributed by atoms with van der Waals surface area (Å²) in [5.41, 5.74) is 5.73. The fourth-order valence-electron chi connectivity index (χ4n) is 2.00. The van der Waals surface area contributed by atoms with Crippen molar-refractivity contribution in [1.82, 2.24) is 10.6 Å². The fraction of sp³-hybridized carbons (Fsp3) is 0.800. The Labute approximate surface area is 146 Å². The van der Waals surface area contributed by atoms with Crippen LogP contribution in [0.3, 0.4) is 0 Å². The summed E-state index contributed by atoms with van der Waals surface area (Å²) in [6.07, 6.45) is 1.38. The molecule has 0 saturated carbocycles. The van der Waals surface area contributed by atoms with Crippen LogP contribution in [-0.2, 0) is 14.4 Å². The Morgan fingerprint density at radius 3 is 2.12 bits per heavy atom. The Bertz CT molecular complexity index is 431. The van der Waals surface area contributed by atoms with Crippen LogP contribution in [0.1, 0.15) is 33.6 Å². The van der Waals surface area contributed by atoms with E-state index in [-0.39, 0.29) is 12.3 Å².